The fraction of sp³-hybridized carbons (Fsp3) is 0. The Balaban J connectivity index is 0.964. The molecule has 5 nitrogen and oxygen atoms in total. The normalized spacial score (nSPS) is 11.9. The van der Waals surface area contributed by atoms with Crippen LogP contribution in [0, 0.1) is 0 Å². The summed E-state index contributed by atoms with van der Waals surface area (Å²) >= 11 is 1.81. The molecule has 0 saturated carbocycles. The molecule has 13 rings (SSSR count). The van der Waals surface area contributed by atoms with Gasteiger partial charge in [-0.25, -0.2) is 15.0 Å². The van der Waals surface area contributed by atoms with E-state index >= 15 is 0 Å². The third-order valence-corrected chi connectivity index (χ3v) is 13.2. The highest BCUT2D eigenvalue weighted by Gasteiger charge is 2.19. The van der Waals surface area contributed by atoms with Gasteiger partial charge in [0, 0.05) is 64.1 Å². The molecule has 13 aromatic rings. The zero-order valence-corrected chi connectivity index (χ0v) is 33.4. The summed E-state index contributed by atoms with van der Waals surface area (Å²) in [6.07, 6.45) is 0. The van der Waals surface area contributed by atoms with Gasteiger partial charge in [-0.3, -0.25) is 0 Å². The first-order valence-electron chi connectivity index (χ1n) is 20.4. The predicted molar refractivity (Wildman–Crippen MR) is 254 cm³/mol. The van der Waals surface area contributed by atoms with E-state index in [0.717, 1.165) is 49.9 Å². The van der Waals surface area contributed by atoms with Gasteiger partial charge in [0.05, 0.1) is 11.0 Å². The zero-order valence-electron chi connectivity index (χ0n) is 32.6. The molecule has 0 amide bonds. The number of para-hydroxylation sites is 2. The van der Waals surface area contributed by atoms with Gasteiger partial charge >= 0.3 is 0 Å². The molecule has 0 saturated heterocycles. The maximum absolute atomic E-state index is 6.47. The Labute approximate surface area is 353 Å². The van der Waals surface area contributed by atoms with E-state index in [9.17, 15) is 0 Å². The standard InChI is InChI=1S/C55H32N4OS/c1-2-10-37-31-38(22-19-33(37)9-1)34-17-20-35(21-18-34)53-56-54(36-23-26-40(27-24-36)59-45-14-6-3-11-41(45)42-12-4-7-15-46(42)59)58-55(57-53)39-25-28-47-44(32-39)51-48(60-47)29-30-50-52(51)43-13-5-8-16-49(43)61-50/h1-32H. The van der Waals surface area contributed by atoms with Crippen molar-refractivity contribution in [2.45, 2.75) is 0 Å². The van der Waals surface area contributed by atoms with Gasteiger partial charge in [-0.05, 0) is 101 Å². The molecular weight excluding hydrogens is 765 g/mol. The highest BCUT2D eigenvalue weighted by atomic mass is 32.1. The average Bonchev–Trinajstić information content (AvgIpc) is 4.00. The van der Waals surface area contributed by atoms with E-state index in [1.54, 1.807) is 0 Å². The molecule has 0 radical (unpaired) electrons. The van der Waals surface area contributed by atoms with Crippen molar-refractivity contribution in [2.24, 2.45) is 0 Å². The van der Waals surface area contributed by atoms with E-state index < -0.39 is 0 Å². The highest BCUT2D eigenvalue weighted by Crippen LogP contribution is 2.43. The van der Waals surface area contributed by atoms with Crippen LogP contribution in [-0.2, 0) is 0 Å². The molecular formula is C55H32N4OS. The Hall–Kier alpha value is -7.93. The number of rotatable bonds is 5. The number of nitrogens with zero attached hydrogens (tertiary/aromatic N) is 4. The van der Waals surface area contributed by atoms with Crippen molar-refractivity contribution < 1.29 is 4.42 Å². The second-order valence-electron chi connectivity index (χ2n) is 15.6. The number of benzene rings is 9. The molecule has 6 heteroatoms. The molecule has 0 spiro atoms. The van der Waals surface area contributed by atoms with Gasteiger partial charge in [-0.15, -0.1) is 11.3 Å². The number of thiophene rings is 1. The van der Waals surface area contributed by atoms with Crippen molar-refractivity contribution in [2.75, 3.05) is 0 Å². The first kappa shape index (κ1) is 34.0. The molecule has 0 atom stereocenters. The average molecular weight is 797 g/mol. The summed E-state index contributed by atoms with van der Waals surface area (Å²) in [6.45, 7) is 0. The lowest BCUT2D eigenvalue weighted by Crippen LogP contribution is -2.00. The van der Waals surface area contributed by atoms with Gasteiger partial charge in [0.2, 0.25) is 0 Å². The van der Waals surface area contributed by atoms with Crippen molar-refractivity contribution in [3.8, 4) is 51.0 Å². The molecule has 0 aliphatic rings. The topological polar surface area (TPSA) is 56.7 Å². The molecule has 9 aromatic carbocycles. The highest BCUT2D eigenvalue weighted by molar-refractivity contribution is 7.26. The minimum atomic E-state index is 0.601. The monoisotopic (exact) mass is 796 g/mol. The first-order chi connectivity index (χ1) is 30.2. The number of furan rings is 1. The lowest BCUT2D eigenvalue weighted by molar-refractivity contribution is 0.669. The quantitative estimate of drug-likeness (QED) is 0.174. The fourth-order valence-electron chi connectivity index (χ4n) is 9.13. The van der Waals surface area contributed by atoms with E-state index in [0.29, 0.717) is 17.5 Å². The van der Waals surface area contributed by atoms with Gasteiger partial charge in [0.25, 0.3) is 0 Å². The van der Waals surface area contributed by atoms with Gasteiger partial charge in [0.1, 0.15) is 11.2 Å². The minimum Gasteiger partial charge on any atom is -0.456 e. The van der Waals surface area contributed by atoms with E-state index in [2.05, 4.69) is 193 Å². The van der Waals surface area contributed by atoms with Gasteiger partial charge in [-0.1, -0.05) is 115 Å². The van der Waals surface area contributed by atoms with Gasteiger partial charge < -0.3 is 8.98 Å². The summed E-state index contributed by atoms with van der Waals surface area (Å²) in [4.78, 5) is 15.5. The first-order valence-corrected chi connectivity index (χ1v) is 21.2. The third-order valence-electron chi connectivity index (χ3n) is 12.1. The lowest BCUT2D eigenvalue weighted by atomic mass is 10.00. The van der Waals surface area contributed by atoms with Gasteiger partial charge in [0.15, 0.2) is 17.5 Å². The Morgan fingerprint density at radius 1 is 0.361 bits per heavy atom. The number of fused-ring (bicyclic) bond motifs is 11. The Kier molecular flexibility index (Phi) is 7.41. The molecule has 0 aliphatic heterocycles. The molecule has 0 aliphatic carbocycles. The molecule has 0 unspecified atom stereocenters. The summed E-state index contributed by atoms with van der Waals surface area (Å²) < 4.78 is 11.3. The molecule has 4 heterocycles. The van der Waals surface area contributed by atoms with E-state index in [1.165, 1.54) is 58.3 Å². The van der Waals surface area contributed by atoms with Crippen molar-refractivity contribution in [3.05, 3.63) is 194 Å². The van der Waals surface area contributed by atoms with Crippen LogP contribution >= 0.6 is 11.3 Å². The molecule has 0 bridgehead atoms. The van der Waals surface area contributed by atoms with E-state index in [-0.39, 0.29) is 0 Å². The fourth-order valence-corrected chi connectivity index (χ4v) is 10.2. The summed E-state index contributed by atoms with van der Waals surface area (Å²) in [5.74, 6) is 1.82. The maximum atomic E-state index is 6.47. The lowest BCUT2D eigenvalue weighted by Gasteiger charge is -2.11. The second-order valence-corrected chi connectivity index (χ2v) is 16.7. The van der Waals surface area contributed by atoms with E-state index in [4.69, 9.17) is 19.4 Å². The largest absolute Gasteiger partial charge is 0.456 e. The van der Waals surface area contributed by atoms with Crippen LogP contribution in [0.1, 0.15) is 0 Å². The number of hydrogen-bond acceptors (Lipinski definition) is 5. The second kappa shape index (κ2) is 13.3. The Morgan fingerprint density at radius 3 is 1.66 bits per heavy atom. The Morgan fingerprint density at radius 2 is 0.918 bits per heavy atom. The minimum absolute atomic E-state index is 0.601. The zero-order chi connectivity index (χ0) is 40.0. The van der Waals surface area contributed by atoms with Crippen LogP contribution in [0.4, 0.5) is 0 Å². The van der Waals surface area contributed by atoms with Crippen LogP contribution in [0.3, 0.4) is 0 Å². The van der Waals surface area contributed by atoms with Crippen LogP contribution in [0.15, 0.2) is 199 Å². The molecule has 284 valence electrons. The van der Waals surface area contributed by atoms with Crippen LogP contribution in [0.5, 0.6) is 0 Å². The predicted octanol–water partition coefficient (Wildman–Crippen LogP) is 15.1. The van der Waals surface area contributed by atoms with Gasteiger partial charge in [-0.2, -0.15) is 0 Å². The van der Waals surface area contributed by atoms with Crippen LogP contribution in [0.2, 0.25) is 0 Å². The van der Waals surface area contributed by atoms with Crippen LogP contribution < -0.4 is 0 Å². The van der Waals surface area contributed by atoms with Crippen LogP contribution in [0.25, 0.3) is 126 Å². The van der Waals surface area contributed by atoms with Crippen molar-refractivity contribution >= 4 is 86.0 Å². The molecule has 0 fully saturated rings. The maximum Gasteiger partial charge on any atom is 0.164 e. The van der Waals surface area contributed by atoms with E-state index in [1.807, 2.05) is 17.4 Å². The number of hydrogen-bond donors (Lipinski definition) is 0. The molecule has 4 aromatic heterocycles. The third kappa shape index (κ3) is 5.43. The summed E-state index contributed by atoms with van der Waals surface area (Å²) in [6, 6.07) is 68.5. The van der Waals surface area contributed by atoms with Crippen molar-refractivity contribution in [3.63, 3.8) is 0 Å². The van der Waals surface area contributed by atoms with Crippen molar-refractivity contribution in [1.29, 1.82) is 0 Å². The smallest absolute Gasteiger partial charge is 0.164 e. The SMILES string of the molecule is c1ccc2cc(-c3ccc(-c4nc(-c5ccc(-n6c7ccccc7c7ccccc76)cc5)nc(-c5ccc6oc7ccc8sc9ccccc9c8c7c6c5)n4)cc3)ccc2c1. The molecule has 0 N–H and O–H groups in total. The Bertz CT molecular complexity index is 3820. The summed E-state index contributed by atoms with van der Waals surface area (Å²) in [7, 11) is 0. The summed E-state index contributed by atoms with van der Waals surface area (Å²) in [5, 5.41) is 9.53. The summed E-state index contributed by atoms with van der Waals surface area (Å²) in [5.41, 5.74) is 10.1. The van der Waals surface area contributed by atoms with Crippen LogP contribution in [-0.4, -0.2) is 19.5 Å². The van der Waals surface area contributed by atoms with Crippen molar-refractivity contribution in [1.82, 2.24) is 19.5 Å². The molecule has 61 heavy (non-hydrogen) atoms. The number of aromatic nitrogens is 4.